The second-order valence-electron chi connectivity index (χ2n) is 3.28. The minimum atomic E-state index is -0.868. The molecule has 3 nitrogen and oxygen atoms in total. The molecular formula is C12H15NO2. The van der Waals surface area contributed by atoms with Crippen LogP contribution in [-0.2, 0) is 4.79 Å². The number of carboxylic acids is 1. The smallest absolute Gasteiger partial charge is 0.331 e. The zero-order valence-electron chi connectivity index (χ0n) is 8.52. The normalized spacial score (nSPS) is 11.4. The maximum atomic E-state index is 10.9. The Morgan fingerprint density at radius 1 is 1.33 bits per heavy atom. The van der Waals surface area contributed by atoms with Crippen molar-refractivity contribution in [2.24, 2.45) is 5.73 Å². The van der Waals surface area contributed by atoms with Gasteiger partial charge in [-0.15, -0.1) is 0 Å². The van der Waals surface area contributed by atoms with Gasteiger partial charge in [0.05, 0.1) is 0 Å². The van der Waals surface area contributed by atoms with E-state index in [1.54, 1.807) is 6.08 Å². The van der Waals surface area contributed by atoms with Gasteiger partial charge in [0, 0.05) is 5.57 Å². The first kappa shape index (κ1) is 11.5. The summed E-state index contributed by atoms with van der Waals surface area (Å²) in [6.07, 6.45) is 2.91. The standard InChI is InChI=1S/C12H15NO2/c13-8-4-7-11(12(14)15)9-10-5-2-1-3-6-10/h1-3,5-6,9H,4,7-8,13H2,(H,14,15). The highest BCUT2D eigenvalue weighted by molar-refractivity contribution is 5.92. The third kappa shape index (κ3) is 3.95. The molecule has 0 amide bonds. The predicted molar refractivity (Wildman–Crippen MR) is 60.3 cm³/mol. The number of aliphatic carboxylic acids is 1. The second kappa shape index (κ2) is 5.98. The summed E-state index contributed by atoms with van der Waals surface area (Å²) in [5.41, 5.74) is 6.67. The first-order chi connectivity index (χ1) is 7.24. The van der Waals surface area contributed by atoms with Crippen LogP contribution in [0.2, 0.25) is 0 Å². The first-order valence-corrected chi connectivity index (χ1v) is 4.93. The van der Waals surface area contributed by atoms with Crippen LogP contribution in [0.4, 0.5) is 0 Å². The van der Waals surface area contributed by atoms with E-state index in [1.165, 1.54) is 0 Å². The Hall–Kier alpha value is -1.61. The van der Waals surface area contributed by atoms with Gasteiger partial charge in [0.2, 0.25) is 0 Å². The van der Waals surface area contributed by atoms with Crippen molar-refractivity contribution >= 4 is 12.0 Å². The Balaban J connectivity index is 2.79. The molecule has 0 aliphatic heterocycles. The number of hydrogen-bond acceptors (Lipinski definition) is 2. The molecular weight excluding hydrogens is 190 g/mol. The van der Waals surface area contributed by atoms with Crippen LogP contribution >= 0.6 is 0 Å². The third-order valence-electron chi connectivity index (χ3n) is 2.07. The number of carboxylic acid groups (broad SMARTS) is 1. The molecule has 1 aromatic carbocycles. The van der Waals surface area contributed by atoms with E-state index in [4.69, 9.17) is 10.8 Å². The van der Waals surface area contributed by atoms with E-state index in [1.807, 2.05) is 30.3 Å². The highest BCUT2D eigenvalue weighted by atomic mass is 16.4. The van der Waals surface area contributed by atoms with Crippen molar-refractivity contribution in [3.8, 4) is 0 Å². The molecule has 0 aromatic heterocycles. The third-order valence-corrected chi connectivity index (χ3v) is 2.07. The molecule has 0 unspecified atom stereocenters. The Morgan fingerprint density at radius 2 is 2.00 bits per heavy atom. The Morgan fingerprint density at radius 3 is 2.53 bits per heavy atom. The van der Waals surface area contributed by atoms with E-state index in [0.29, 0.717) is 25.0 Å². The van der Waals surface area contributed by atoms with Crippen LogP contribution in [0.1, 0.15) is 18.4 Å². The molecule has 0 aliphatic rings. The molecule has 3 heteroatoms. The predicted octanol–water partition coefficient (Wildman–Crippen LogP) is 1.89. The fraction of sp³-hybridized carbons (Fsp3) is 0.250. The largest absolute Gasteiger partial charge is 0.478 e. The average Bonchev–Trinajstić information content (AvgIpc) is 2.25. The van der Waals surface area contributed by atoms with Crippen molar-refractivity contribution in [1.82, 2.24) is 0 Å². The lowest BCUT2D eigenvalue weighted by molar-refractivity contribution is -0.132. The van der Waals surface area contributed by atoms with Gasteiger partial charge in [0.15, 0.2) is 0 Å². The van der Waals surface area contributed by atoms with Gasteiger partial charge in [0.25, 0.3) is 0 Å². The lowest BCUT2D eigenvalue weighted by Crippen LogP contribution is -2.04. The molecule has 80 valence electrons. The van der Waals surface area contributed by atoms with Crippen molar-refractivity contribution in [1.29, 1.82) is 0 Å². The molecule has 0 atom stereocenters. The molecule has 0 bridgehead atoms. The Kier molecular flexibility index (Phi) is 4.57. The number of rotatable bonds is 5. The van der Waals surface area contributed by atoms with E-state index >= 15 is 0 Å². The van der Waals surface area contributed by atoms with Crippen LogP contribution in [0, 0.1) is 0 Å². The van der Waals surface area contributed by atoms with Crippen LogP contribution in [0.25, 0.3) is 6.08 Å². The number of benzene rings is 1. The highest BCUT2D eigenvalue weighted by Crippen LogP contribution is 2.11. The van der Waals surface area contributed by atoms with Crippen molar-refractivity contribution in [2.75, 3.05) is 6.54 Å². The van der Waals surface area contributed by atoms with Gasteiger partial charge in [-0.2, -0.15) is 0 Å². The Bertz CT molecular complexity index is 344. The first-order valence-electron chi connectivity index (χ1n) is 4.93. The van der Waals surface area contributed by atoms with E-state index in [-0.39, 0.29) is 0 Å². The summed E-state index contributed by atoms with van der Waals surface area (Å²) in [4.78, 5) is 10.9. The average molecular weight is 205 g/mol. The molecule has 0 heterocycles. The lowest BCUT2D eigenvalue weighted by atomic mass is 10.1. The van der Waals surface area contributed by atoms with Crippen LogP contribution in [0.15, 0.2) is 35.9 Å². The number of nitrogens with two attached hydrogens (primary N) is 1. The van der Waals surface area contributed by atoms with E-state index in [0.717, 1.165) is 5.56 Å². The molecule has 0 spiro atoms. The van der Waals surface area contributed by atoms with Gasteiger partial charge < -0.3 is 10.8 Å². The summed E-state index contributed by atoms with van der Waals surface area (Å²) in [6, 6.07) is 9.43. The molecule has 1 aromatic rings. The fourth-order valence-electron chi connectivity index (χ4n) is 1.28. The molecule has 0 aliphatic carbocycles. The van der Waals surface area contributed by atoms with Gasteiger partial charge in [-0.05, 0) is 31.0 Å². The molecule has 0 saturated carbocycles. The molecule has 15 heavy (non-hydrogen) atoms. The topological polar surface area (TPSA) is 63.3 Å². The van der Waals surface area contributed by atoms with Crippen LogP contribution in [0.3, 0.4) is 0 Å². The maximum Gasteiger partial charge on any atom is 0.331 e. The molecule has 0 fully saturated rings. The van der Waals surface area contributed by atoms with E-state index in [2.05, 4.69) is 0 Å². The van der Waals surface area contributed by atoms with Crippen molar-refractivity contribution in [3.63, 3.8) is 0 Å². The summed E-state index contributed by atoms with van der Waals surface area (Å²) in [6.45, 7) is 0.513. The van der Waals surface area contributed by atoms with Crippen molar-refractivity contribution in [2.45, 2.75) is 12.8 Å². The van der Waals surface area contributed by atoms with Gasteiger partial charge >= 0.3 is 5.97 Å². The highest BCUT2D eigenvalue weighted by Gasteiger charge is 2.05. The Labute approximate surface area is 89.2 Å². The summed E-state index contributed by atoms with van der Waals surface area (Å²) in [5, 5.41) is 8.95. The molecule has 1 rings (SSSR count). The van der Waals surface area contributed by atoms with Gasteiger partial charge in [-0.3, -0.25) is 0 Å². The minimum Gasteiger partial charge on any atom is -0.478 e. The summed E-state index contributed by atoms with van der Waals surface area (Å²) < 4.78 is 0. The van der Waals surface area contributed by atoms with Crippen LogP contribution in [-0.4, -0.2) is 17.6 Å². The number of carbonyl (C=O) groups is 1. The zero-order valence-corrected chi connectivity index (χ0v) is 8.52. The van der Waals surface area contributed by atoms with E-state index in [9.17, 15) is 4.79 Å². The molecule has 0 radical (unpaired) electrons. The lowest BCUT2D eigenvalue weighted by Gasteiger charge is -2.01. The summed E-state index contributed by atoms with van der Waals surface area (Å²) in [7, 11) is 0. The fourth-order valence-corrected chi connectivity index (χ4v) is 1.28. The van der Waals surface area contributed by atoms with Crippen molar-refractivity contribution in [3.05, 3.63) is 41.5 Å². The molecule has 3 N–H and O–H groups in total. The maximum absolute atomic E-state index is 10.9. The minimum absolute atomic E-state index is 0.409. The second-order valence-corrected chi connectivity index (χ2v) is 3.28. The van der Waals surface area contributed by atoms with Gasteiger partial charge in [-0.25, -0.2) is 4.79 Å². The van der Waals surface area contributed by atoms with E-state index < -0.39 is 5.97 Å². The monoisotopic (exact) mass is 205 g/mol. The van der Waals surface area contributed by atoms with Crippen molar-refractivity contribution < 1.29 is 9.90 Å². The van der Waals surface area contributed by atoms with Gasteiger partial charge in [0.1, 0.15) is 0 Å². The summed E-state index contributed by atoms with van der Waals surface area (Å²) >= 11 is 0. The van der Waals surface area contributed by atoms with Crippen LogP contribution < -0.4 is 5.73 Å². The SMILES string of the molecule is NCCCC(=Cc1ccccc1)C(=O)O. The number of hydrogen-bond donors (Lipinski definition) is 2. The molecule has 0 saturated heterocycles. The van der Waals surface area contributed by atoms with Gasteiger partial charge in [-0.1, -0.05) is 30.3 Å². The van der Waals surface area contributed by atoms with Crippen LogP contribution in [0.5, 0.6) is 0 Å². The zero-order chi connectivity index (χ0) is 11.1. The quantitative estimate of drug-likeness (QED) is 0.721. The summed E-state index contributed by atoms with van der Waals surface area (Å²) in [5.74, 6) is -0.868.